The SMILES string of the molecule is NCC(S)C(=O)Oc1ccccc1. The van der Waals surface area contributed by atoms with Crippen molar-refractivity contribution in [3.63, 3.8) is 0 Å². The van der Waals surface area contributed by atoms with Crippen molar-refractivity contribution in [2.24, 2.45) is 5.73 Å². The van der Waals surface area contributed by atoms with Gasteiger partial charge in [0.25, 0.3) is 0 Å². The molecule has 0 spiro atoms. The number of esters is 1. The molecule has 0 heterocycles. The molecule has 0 aliphatic carbocycles. The van der Waals surface area contributed by atoms with E-state index in [0.717, 1.165) is 0 Å². The minimum absolute atomic E-state index is 0.175. The highest BCUT2D eigenvalue weighted by Gasteiger charge is 2.13. The topological polar surface area (TPSA) is 52.3 Å². The van der Waals surface area contributed by atoms with Gasteiger partial charge in [0.05, 0.1) is 0 Å². The second kappa shape index (κ2) is 4.89. The summed E-state index contributed by atoms with van der Waals surface area (Å²) in [7, 11) is 0. The van der Waals surface area contributed by atoms with Crippen molar-refractivity contribution < 1.29 is 9.53 Å². The van der Waals surface area contributed by atoms with Crippen molar-refractivity contribution in [1.29, 1.82) is 0 Å². The molecule has 0 amide bonds. The molecule has 4 heteroatoms. The summed E-state index contributed by atoms with van der Waals surface area (Å²) in [6.07, 6.45) is 0. The average molecular weight is 197 g/mol. The molecule has 0 aromatic heterocycles. The van der Waals surface area contributed by atoms with Gasteiger partial charge in [-0.1, -0.05) is 18.2 Å². The molecule has 0 saturated carbocycles. The summed E-state index contributed by atoms with van der Waals surface area (Å²) < 4.78 is 4.97. The molecule has 1 aromatic rings. The molecule has 1 atom stereocenters. The van der Waals surface area contributed by atoms with Crippen LogP contribution in [0.5, 0.6) is 5.75 Å². The summed E-state index contributed by atoms with van der Waals surface area (Å²) >= 11 is 3.96. The summed E-state index contributed by atoms with van der Waals surface area (Å²) in [6.45, 7) is 0.175. The molecule has 0 aliphatic rings. The van der Waals surface area contributed by atoms with Crippen LogP contribution in [0.3, 0.4) is 0 Å². The van der Waals surface area contributed by atoms with Gasteiger partial charge in [0.2, 0.25) is 0 Å². The molecular weight excluding hydrogens is 186 g/mol. The van der Waals surface area contributed by atoms with E-state index >= 15 is 0 Å². The Bertz CT molecular complexity index is 276. The smallest absolute Gasteiger partial charge is 0.325 e. The Morgan fingerprint density at radius 1 is 1.46 bits per heavy atom. The lowest BCUT2D eigenvalue weighted by Gasteiger charge is -2.07. The first-order chi connectivity index (χ1) is 6.24. The largest absolute Gasteiger partial charge is 0.426 e. The standard InChI is InChI=1S/C9H11NO2S/c10-6-8(13)9(11)12-7-4-2-1-3-5-7/h1-5,8,13H,6,10H2. The highest BCUT2D eigenvalue weighted by atomic mass is 32.1. The zero-order valence-corrected chi connectivity index (χ0v) is 7.91. The maximum absolute atomic E-state index is 11.2. The Hall–Kier alpha value is -1.00. The predicted octanol–water partition coefficient (Wildman–Crippen LogP) is 0.849. The van der Waals surface area contributed by atoms with Crippen LogP contribution in [0.4, 0.5) is 0 Å². The molecule has 0 bridgehead atoms. The van der Waals surface area contributed by atoms with Gasteiger partial charge in [-0.05, 0) is 12.1 Å². The van der Waals surface area contributed by atoms with Crippen LogP contribution in [-0.4, -0.2) is 17.8 Å². The van der Waals surface area contributed by atoms with Gasteiger partial charge in [0, 0.05) is 6.54 Å². The van der Waals surface area contributed by atoms with E-state index in [1.807, 2.05) is 6.07 Å². The fourth-order valence-corrected chi connectivity index (χ4v) is 0.822. The van der Waals surface area contributed by atoms with Crippen molar-refractivity contribution >= 4 is 18.6 Å². The van der Waals surface area contributed by atoms with Gasteiger partial charge in [-0.15, -0.1) is 0 Å². The maximum Gasteiger partial charge on any atom is 0.325 e. The molecule has 0 saturated heterocycles. The highest BCUT2D eigenvalue weighted by molar-refractivity contribution is 7.81. The van der Waals surface area contributed by atoms with Crippen LogP contribution >= 0.6 is 12.6 Å². The highest BCUT2D eigenvalue weighted by Crippen LogP contribution is 2.10. The van der Waals surface area contributed by atoms with Crippen molar-refractivity contribution in [2.75, 3.05) is 6.54 Å². The van der Waals surface area contributed by atoms with Gasteiger partial charge in [0.15, 0.2) is 0 Å². The van der Waals surface area contributed by atoms with Gasteiger partial charge in [-0.3, -0.25) is 4.79 Å². The van der Waals surface area contributed by atoms with Gasteiger partial charge in [0.1, 0.15) is 11.0 Å². The lowest BCUT2D eigenvalue weighted by Crippen LogP contribution is -2.28. The number of carbonyl (C=O) groups is 1. The van der Waals surface area contributed by atoms with Gasteiger partial charge in [-0.25, -0.2) is 0 Å². The summed E-state index contributed by atoms with van der Waals surface area (Å²) in [5, 5.41) is -0.555. The third-order valence-corrected chi connectivity index (χ3v) is 1.88. The van der Waals surface area contributed by atoms with Crippen molar-refractivity contribution in [2.45, 2.75) is 5.25 Å². The molecule has 0 fully saturated rings. The first kappa shape index (κ1) is 10.1. The quantitative estimate of drug-likeness (QED) is 0.429. The Labute approximate surface area is 82.3 Å². The summed E-state index contributed by atoms with van der Waals surface area (Å²) in [5.74, 6) is 0.0945. The molecule has 70 valence electrons. The fraction of sp³-hybridized carbons (Fsp3) is 0.222. The van der Waals surface area contributed by atoms with Crippen LogP contribution in [0.15, 0.2) is 30.3 Å². The van der Waals surface area contributed by atoms with E-state index in [0.29, 0.717) is 5.75 Å². The summed E-state index contributed by atoms with van der Waals surface area (Å²) in [4.78, 5) is 11.2. The van der Waals surface area contributed by atoms with E-state index in [2.05, 4.69) is 12.6 Å². The number of carbonyl (C=O) groups excluding carboxylic acids is 1. The van der Waals surface area contributed by atoms with Crippen LogP contribution in [0.25, 0.3) is 0 Å². The minimum atomic E-state index is -0.555. The lowest BCUT2D eigenvalue weighted by atomic mass is 10.3. The zero-order chi connectivity index (χ0) is 9.68. The van der Waals surface area contributed by atoms with Crippen molar-refractivity contribution in [1.82, 2.24) is 0 Å². The third-order valence-electron chi connectivity index (χ3n) is 1.46. The van der Waals surface area contributed by atoms with Crippen LogP contribution in [-0.2, 0) is 4.79 Å². The number of para-hydroxylation sites is 1. The van der Waals surface area contributed by atoms with Crippen LogP contribution < -0.4 is 10.5 Å². The zero-order valence-electron chi connectivity index (χ0n) is 7.01. The predicted molar refractivity (Wildman–Crippen MR) is 53.9 cm³/mol. The Kier molecular flexibility index (Phi) is 3.79. The van der Waals surface area contributed by atoms with Gasteiger partial charge in [-0.2, -0.15) is 12.6 Å². The van der Waals surface area contributed by atoms with Crippen molar-refractivity contribution in [3.05, 3.63) is 30.3 Å². The number of nitrogens with two attached hydrogens (primary N) is 1. The normalized spacial score (nSPS) is 12.2. The average Bonchev–Trinajstić information content (AvgIpc) is 2.18. The second-order valence-electron chi connectivity index (χ2n) is 2.49. The van der Waals surface area contributed by atoms with E-state index in [1.165, 1.54) is 0 Å². The third kappa shape index (κ3) is 3.08. The second-order valence-corrected chi connectivity index (χ2v) is 3.11. The molecular formula is C9H11NO2S. The minimum Gasteiger partial charge on any atom is -0.426 e. The van der Waals surface area contributed by atoms with Crippen LogP contribution in [0.1, 0.15) is 0 Å². The molecule has 0 aliphatic heterocycles. The van der Waals surface area contributed by atoms with Crippen LogP contribution in [0.2, 0.25) is 0 Å². The first-order valence-corrected chi connectivity index (χ1v) is 4.40. The number of benzene rings is 1. The molecule has 1 aromatic carbocycles. The Morgan fingerprint density at radius 3 is 2.62 bits per heavy atom. The Morgan fingerprint density at radius 2 is 2.08 bits per heavy atom. The summed E-state index contributed by atoms with van der Waals surface area (Å²) in [5.41, 5.74) is 5.25. The monoisotopic (exact) mass is 197 g/mol. The number of rotatable bonds is 3. The van der Waals surface area contributed by atoms with Gasteiger partial charge >= 0.3 is 5.97 Å². The Balaban J connectivity index is 2.55. The van der Waals surface area contributed by atoms with Crippen molar-refractivity contribution in [3.8, 4) is 5.75 Å². The van der Waals surface area contributed by atoms with E-state index in [1.54, 1.807) is 24.3 Å². The van der Waals surface area contributed by atoms with E-state index in [4.69, 9.17) is 10.5 Å². The lowest BCUT2D eigenvalue weighted by molar-refractivity contribution is -0.133. The molecule has 2 N–H and O–H groups in total. The molecule has 1 rings (SSSR count). The number of hydrogen-bond donors (Lipinski definition) is 2. The number of ether oxygens (including phenoxy) is 1. The van der Waals surface area contributed by atoms with E-state index < -0.39 is 11.2 Å². The molecule has 3 nitrogen and oxygen atoms in total. The van der Waals surface area contributed by atoms with Crippen LogP contribution in [0, 0.1) is 0 Å². The first-order valence-electron chi connectivity index (χ1n) is 3.89. The maximum atomic E-state index is 11.2. The van der Waals surface area contributed by atoms with E-state index in [-0.39, 0.29) is 6.54 Å². The van der Waals surface area contributed by atoms with E-state index in [9.17, 15) is 4.79 Å². The number of thiol groups is 1. The molecule has 13 heavy (non-hydrogen) atoms. The number of hydrogen-bond acceptors (Lipinski definition) is 4. The molecule has 1 unspecified atom stereocenters. The summed E-state index contributed by atoms with van der Waals surface area (Å²) in [6, 6.07) is 8.83. The molecule has 0 radical (unpaired) electrons. The fourth-order valence-electron chi connectivity index (χ4n) is 0.769. The van der Waals surface area contributed by atoms with Gasteiger partial charge < -0.3 is 10.5 Å².